The van der Waals surface area contributed by atoms with E-state index in [0.29, 0.717) is 6.54 Å². The van der Waals surface area contributed by atoms with Crippen LogP contribution < -0.4 is 0 Å². The molecule has 2 fully saturated rings. The quantitative estimate of drug-likeness (QED) is 0.911. The van der Waals surface area contributed by atoms with Gasteiger partial charge in [-0.05, 0) is 5.56 Å². The Morgan fingerprint density at radius 2 is 1.71 bits per heavy atom. The molecular formula is C15H18F2N2O2. The number of benzene rings is 1. The van der Waals surface area contributed by atoms with Gasteiger partial charge in [0.15, 0.2) is 0 Å². The summed E-state index contributed by atoms with van der Waals surface area (Å²) >= 11 is 0. The number of likely N-dealkylation sites (tertiary alicyclic amines) is 2. The highest BCUT2D eigenvalue weighted by Gasteiger charge is 2.55. The Kier molecular flexibility index (Phi) is 3.57. The largest absolute Gasteiger partial charge is 0.465 e. The van der Waals surface area contributed by atoms with E-state index >= 15 is 0 Å². The number of halogens is 2. The second-order valence-electron chi connectivity index (χ2n) is 5.94. The summed E-state index contributed by atoms with van der Waals surface area (Å²) in [7, 11) is 0. The van der Waals surface area contributed by atoms with E-state index in [0.717, 1.165) is 10.5 Å². The van der Waals surface area contributed by atoms with Gasteiger partial charge in [-0.3, -0.25) is 4.90 Å². The molecule has 21 heavy (non-hydrogen) atoms. The Morgan fingerprint density at radius 1 is 1.14 bits per heavy atom. The fourth-order valence-electron chi connectivity index (χ4n) is 3.37. The van der Waals surface area contributed by atoms with Gasteiger partial charge in [0, 0.05) is 32.7 Å². The van der Waals surface area contributed by atoms with Gasteiger partial charge in [0.1, 0.15) is 0 Å². The van der Waals surface area contributed by atoms with Crippen molar-refractivity contribution in [1.29, 1.82) is 0 Å². The van der Waals surface area contributed by atoms with Crippen molar-refractivity contribution in [1.82, 2.24) is 9.80 Å². The number of amides is 1. The smallest absolute Gasteiger partial charge is 0.407 e. The number of alkyl halides is 2. The third kappa shape index (κ3) is 2.72. The predicted molar refractivity (Wildman–Crippen MR) is 73.2 cm³/mol. The van der Waals surface area contributed by atoms with Crippen LogP contribution in [-0.4, -0.2) is 53.1 Å². The van der Waals surface area contributed by atoms with Gasteiger partial charge in [-0.1, -0.05) is 30.3 Å². The number of piperidine rings is 2. The van der Waals surface area contributed by atoms with Gasteiger partial charge in [0.25, 0.3) is 5.92 Å². The number of carboxylic acid groups (broad SMARTS) is 1. The molecule has 1 amide bonds. The second kappa shape index (κ2) is 5.26. The predicted octanol–water partition coefficient (Wildman–Crippen LogP) is 2.36. The Balaban J connectivity index is 1.72. The van der Waals surface area contributed by atoms with Crippen molar-refractivity contribution in [2.24, 2.45) is 11.8 Å². The molecule has 0 radical (unpaired) electrons. The zero-order chi connectivity index (χ0) is 15.0. The van der Waals surface area contributed by atoms with Crippen LogP contribution in [0.2, 0.25) is 0 Å². The summed E-state index contributed by atoms with van der Waals surface area (Å²) in [6.45, 7) is 0.954. The summed E-state index contributed by atoms with van der Waals surface area (Å²) in [4.78, 5) is 14.2. The normalized spacial score (nSPS) is 28.4. The van der Waals surface area contributed by atoms with Crippen molar-refractivity contribution in [3.8, 4) is 0 Å². The minimum absolute atomic E-state index is 0.0792. The summed E-state index contributed by atoms with van der Waals surface area (Å²) in [5.41, 5.74) is 1.09. The second-order valence-corrected chi connectivity index (χ2v) is 5.94. The third-order valence-corrected chi connectivity index (χ3v) is 4.45. The highest BCUT2D eigenvalue weighted by atomic mass is 19.3. The molecule has 4 nitrogen and oxygen atoms in total. The monoisotopic (exact) mass is 296 g/mol. The zero-order valence-electron chi connectivity index (χ0n) is 11.6. The fourth-order valence-corrected chi connectivity index (χ4v) is 3.37. The SMILES string of the molecule is O=C(O)N1CC2CN(Cc3ccccc3)CC(C1)C2(F)F. The van der Waals surface area contributed by atoms with Gasteiger partial charge in [0.05, 0.1) is 11.8 Å². The summed E-state index contributed by atoms with van der Waals surface area (Å²) < 4.78 is 28.4. The van der Waals surface area contributed by atoms with E-state index in [9.17, 15) is 13.6 Å². The first-order chi connectivity index (χ1) is 9.96. The minimum Gasteiger partial charge on any atom is -0.465 e. The molecule has 2 heterocycles. The van der Waals surface area contributed by atoms with Crippen LogP contribution in [0.25, 0.3) is 0 Å². The first-order valence-electron chi connectivity index (χ1n) is 7.09. The van der Waals surface area contributed by atoms with Gasteiger partial charge < -0.3 is 10.0 Å². The van der Waals surface area contributed by atoms with Crippen LogP contribution in [-0.2, 0) is 6.54 Å². The number of hydrogen-bond acceptors (Lipinski definition) is 2. The molecule has 0 aliphatic carbocycles. The van der Waals surface area contributed by atoms with Crippen LogP contribution >= 0.6 is 0 Å². The Bertz CT molecular complexity index is 506. The maximum absolute atomic E-state index is 14.2. The summed E-state index contributed by atoms with van der Waals surface area (Å²) in [6.07, 6.45) is -1.10. The summed E-state index contributed by atoms with van der Waals surface area (Å²) in [5, 5.41) is 9.03. The lowest BCUT2D eigenvalue weighted by Crippen LogP contribution is -2.64. The van der Waals surface area contributed by atoms with E-state index in [1.165, 1.54) is 0 Å². The van der Waals surface area contributed by atoms with Crippen molar-refractivity contribution in [3.05, 3.63) is 35.9 Å². The minimum atomic E-state index is -2.76. The van der Waals surface area contributed by atoms with Crippen LogP contribution in [0.4, 0.5) is 13.6 Å². The number of fused-ring (bicyclic) bond motifs is 2. The van der Waals surface area contributed by atoms with Crippen LogP contribution in [0.15, 0.2) is 30.3 Å². The van der Waals surface area contributed by atoms with E-state index < -0.39 is 23.9 Å². The van der Waals surface area contributed by atoms with Crippen LogP contribution in [0.1, 0.15) is 5.56 Å². The molecule has 1 aromatic rings. The van der Waals surface area contributed by atoms with Gasteiger partial charge in [-0.15, -0.1) is 0 Å². The molecule has 114 valence electrons. The number of carbonyl (C=O) groups is 1. The highest BCUT2D eigenvalue weighted by Crippen LogP contribution is 2.42. The molecule has 2 atom stereocenters. The molecule has 2 saturated heterocycles. The maximum Gasteiger partial charge on any atom is 0.407 e. The van der Waals surface area contributed by atoms with E-state index in [4.69, 9.17) is 5.11 Å². The van der Waals surface area contributed by atoms with Gasteiger partial charge in [0.2, 0.25) is 0 Å². The molecule has 1 aromatic carbocycles. The number of nitrogens with zero attached hydrogens (tertiary/aromatic N) is 2. The standard InChI is InChI=1S/C15H18F2N2O2/c16-15(17)12-7-18(6-11-4-2-1-3-5-11)8-13(15)10-19(9-12)14(20)21/h1-5,12-13H,6-10H2,(H,20,21). The molecule has 1 N–H and O–H groups in total. The van der Waals surface area contributed by atoms with Crippen molar-refractivity contribution < 1.29 is 18.7 Å². The molecule has 2 unspecified atom stereocenters. The topological polar surface area (TPSA) is 43.8 Å². The molecule has 0 saturated carbocycles. The Hall–Kier alpha value is -1.69. The Labute approximate surface area is 122 Å². The Morgan fingerprint density at radius 3 is 2.24 bits per heavy atom. The maximum atomic E-state index is 14.2. The van der Waals surface area contributed by atoms with E-state index in [2.05, 4.69) is 0 Å². The molecule has 2 bridgehead atoms. The molecule has 2 aliphatic heterocycles. The van der Waals surface area contributed by atoms with Crippen molar-refractivity contribution >= 4 is 6.09 Å². The average molecular weight is 296 g/mol. The van der Waals surface area contributed by atoms with Gasteiger partial charge >= 0.3 is 6.09 Å². The first-order valence-corrected chi connectivity index (χ1v) is 7.09. The molecular weight excluding hydrogens is 278 g/mol. The van der Waals surface area contributed by atoms with E-state index in [1.807, 2.05) is 35.2 Å². The summed E-state index contributed by atoms with van der Waals surface area (Å²) in [6, 6.07) is 9.74. The number of hydrogen-bond donors (Lipinski definition) is 1. The van der Waals surface area contributed by atoms with E-state index in [-0.39, 0.29) is 26.2 Å². The average Bonchev–Trinajstić information content (AvgIpc) is 2.40. The van der Waals surface area contributed by atoms with Crippen LogP contribution in [0, 0.1) is 11.8 Å². The van der Waals surface area contributed by atoms with Crippen LogP contribution in [0.5, 0.6) is 0 Å². The zero-order valence-corrected chi connectivity index (χ0v) is 11.6. The fraction of sp³-hybridized carbons (Fsp3) is 0.533. The van der Waals surface area contributed by atoms with Crippen molar-refractivity contribution in [2.45, 2.75) is 12.5 Å². The van der Waals surface area contributed by atoms with Gasteiger partial charge in [-0.2, -0.15) is 0 Å². The van der Waals surface area contributed by atoms with Crippen molar-refractivity contribution in [3.63, 3.8) is 0 Å². The molecule has 2 aliphatic rings. The lowest BCUT2D eigenvalue weighted by Gasteiger charge is -2.49. The molecule has 0 spiro atoms. The summed E-state index contributed by atoms with van der Waals surface area (Å²) in [5.74, 6) is -4.59. The lowest BCUT2D eigenvalue weighted by molar-refractivity contribution is -0.183. The number of rotatable bonds is 2. The highest BCUT2D eigenvalue weighted by molar-refractivity contribution is 5.65. The lowest BCUT2D eigenvalue weighted by atomic mass is 9.80. The first kappa shape index (κ1) is 14.3. The van der Waals surface area contributed by atoms with Gasteiger partial charge in [-0.25, -0.2) is 13.6 Å². The third-order valence-electron chi connectivity index (χ3n) is 4.45. The molecule has 3 rings (SSSR count). The molecule has 6 heteroatoms. The van der Waals surface area contributed by atoms with Crippen LogP contribution in [0.3, 0.4) is 0 Å². The molecule has 0 aromatic heterocycles. The van der Waals surface area contributed by atoms with Crippen molar-refractivity contribution in [2.75, 3.05) is 26.2 Å². The van der Waals surface area contributed by atoms with E-state index in [1.54, 1.807) is 0 Å².